The maximum atomic E-state index is 3.27. The third kappa shape index (κ3) is 25.0. The van der Waals surface area contributed by atoms with E-state index in [9.17, 15) is 0 Å². The van der Waals surface area contributed by atoms with Crippen LogP contribution in [0, 0.1) is 0 Å². The molecule has 0 aliphatic carbocycles. The van der Waals surface area contributed by atoms with Crippen LogP contribution in [0.5, 0.6) is 0 Å². The Morgan fingerprint density at radius 3 is 1.20 bits per heavy atom. The molecule has 0 aromatic rings. The molecule has 0 unspecified atom stereocenters. The van der Waals surface area contributed by atoms with Gasteiger partial charge in [0.2, 0.25) is 0 Å². The van der Waals surface area contributed by atoms with E-state index in [4.69, 9.17) is 0 Å². The van der Waals surface area contributed by atoms with Crippen LogP contribution < -0.4 is 0 Å². The van der Waals surface area contributed by atoms with Gasteiger partial charge in [0.25, 0.3) is 0 Å². The van der Waals surface area contributed by atoms with Gasteiger partial charge in [0, 0.05) is 0 Å². The standard InChI is InChI=1S/C2H6.2BrH.Cd/c1-2;;;/h1-2H3;2*1H;/q;;;+2/p-2. The molecule has 0 rings (SSSR count). The van der Waals surface area contributed by atoms with Crippen molar-refractivity contribution in [3.05, 3.63) is 0 Å². The van der Waals surface area contributed by atoms with E-state index in [2.05, 4.69) is 24.0 Å². The minimum absolute atomic E-state index is 0.385. The average molecular weight is 302 g/mol. The summed E-state index contributed by atoms with van der Waals surface area (Å²) in [5, 5.41) is 0. The van der Waals surface area contributed by atoms with E-state index in [1.165, 1.54) is 0 Å². The van der Waals surface area contributed by atoms with Crippen LogP contribution in [0.2, 0.25) is 0 Å². The van der Waals surface area contributed by atoms with Crippen molar-refractivity contribution in [2.24, 2.45) is 0 Å². The molecule has 0 fully saturated rings. The zero-order valence-electron chi connectivity index (χ0n) is 3.46. The van der Waals surface area contributed by atoms with Crippen LogP contribution in [0.15, 0.2) is 0 Å². The molecule has 3 heteroatoms. The van der Waals surface area contributed by atoms with Crippen LogP contribution in [-0.2, 0) is 19.4 Å². The van der Waals surface area contributed by atoms with Crippen molar-refractivity contribution >= 4 is 24.0 Å². The Labute approximate surface area is 56.5 Å². The summed E-state index contributed by atoms with van der Waals surface area (Å²) in [6.45, 7) is 4.00. The van der Waals surface area contributed by atoms with Gasteiger partial charge >= 0.3 is 43.4 Å². The molecule has 0 bridgehead atoms. The maximum absolute atomic E-state index is 3.27. The van der Waals surface area contributed by atoms with Crippen LogP contribution in [0.1, 0.15) is 13.8 Å². The summed E-state index contributed by atoms with van der Waals surface area (Å²) < 4.78 is 0. The Kier molecular flexibility index (Phi) is 33.7. The van der Waals surface area contributed by atoms with Gasteiger partial charge in [-0.05, 0) is 0 Å². The molecule has 0 nitrogen and oxygen atoms in total. The van der Waals surface area contributed by atoms with Crippen LogP contribution >= 0.6 is 24.0 Å². The second kappa shape index (κ2) is 16.9. The van der Waals surface area contributed by atoms with Crippen LogP contribution in [0.25, 0.3) is 0 Å². The van der Waals surface area contributed by atoms with Gasteiger partial charge in [-0.15, -0.1) is 0 Å². The third-order valence-corrected chi connectivity index (χ3v) is 0. The molecule has 0 heterocycles. The fourth-order valence-electron chi connectivity index (χ4n) is 0. The Hall–Kier alpha value is 1.88. The summed E-state index contributed by atoms with van der Waals surface area (Å²) >= 11 is 6.16. The summed E-state index contributed by atoms with van der Waals surface area (Å²) in [4.78, 5) is 0. The predicted octanol–water partition coefficient (Wildman–Crippen LogP) is 2.71. The average Bonchev–Trinajstić information content (AvgIpc) is 1.46. The van der Waals surface area contributed by atoms with Crippen molar-refractivity contribution in [3.8, 4) is 0 Å². The molecule has 0 aliphatic rings. The number of rotatable bonds is 0. The SMILES string of the molecule is CC.[Br][Cd][Br]. The van der Waals surface area contributed by atoms with E-state index in [0.717, 1.165) is 0 Å². The third-order valence-electron chi connectivity index (χ3n) is 0. The molecule has 5 heavy (non-hydrogen) atoms. The van der Waals surface area contributed by atoms with Gasteiger partial charge in [0.15, 0.2) is 0 Å². The second-order valence-corrected chi connectivity index (χ2v) is 18.3. The molecular formula is C2H6Br2Cd. The number of hydrogen-bond acceptors (Lipinski definition) is 0. The van der Waals surface area contributed by atoms with Gasteiger partial charge in [0.05, 0.1) is 0 Å². The zero-order valence-corrected chi connectivity index (χ0v) is 10.7. The Bertz CT molecular complexity index is 7.61. The summed E-state index contributed by atoms with van der Waals surface area (Å²) in [6.07, 6.45) is 0. The molecule has 0 atom stereocenters. The van der Waals surface area contributed by atoms with E-state index >= 15 is 0 Å². The van der Waals surface area contributed by atoms with Crippen LogP contribution in [0.3, 0.4) is 0 Å². The first-order chi connectivity index (χ1) is 2.41. The summed E-state index contributed by atoms with van der Waals surface area (Å²) in [6, 6.07) is 0. The molecule has 0 aromatic heterocycles. The monoisotopic (exact) mass is 302 g/mol. The summed E-state index contributed by atoms with van der Waals surface area (Å²) in [5.74, 6) is 0. The number of hydrogen-bond donors (Lipinski definition) is 0. The van der Waals surface area contributed by atoms with E-state index in [0.29, 0.717) is 0 Å². The first-order valence-electron chi connectivity index (χ1n) is 1.53. The fourth-order valence-corrected chi connectivity index (χ4v) is 0. The normalized spacial score (nSPS) is 3.20. The predicted molar refractivity (Wildman–Crippen MR) is 29.2 cm³/mol. The molecule has 0 N–H and O–H groups in total. The van der Waals surface area contributed by atoms with Gasteiger partial charge in [-0.2, -0.15) is 0 Å². The van der Waals surface area contributed by atoms with Crippen LogP contribution in [-0.4, -0.2) is 0 Å². The molecular weight excluding hydrogens is 296 g/mol. The second-order valence-electron chi connectivity index (χ2n) is 0.101. The van der Waals surface area contributed by atoms with Gasteiger partial charge in [-0.1, -0.05) is 13.8 Å². The minimum atomic E-state index is -0.385. The van der Waals surface area contributed by atoms with Crippen LogP contribution in [0.4, 0.5) is 0 Å². The zero-order chi connectivity index (χ0) is 4.71. The molecule has 0 aliphatic heterocycles. The van der Waals surface area contributed by atoms with Gasteiger partial charge in [-0.3, -0.25) is 0 Å². The van der Waals surface area contributed by atoms with E-state index < -0.39 is 0 Å². The number of halogens is 2. The molecule has 0 spiro atoms. The molecule has 0 saturated carbocycles. The van der Waals surface area contributed by atoms with E-state index in [1.807, 2.05) is 13.8 Å². The Morgan fingerprint density at radius 1 is 1.20 bits per heavy atom. The molecule has 0 saturated heterocycles. The van der Waals surface area contributed by atoms with Crippen molar-refractivity contribution in [2.75, 3.05) is 0 Å². The van der Waals surface area contributed by atoms with Crippen molar-refractivity contribution in [2.45, 2.75) is 13.8 Å². The Morgan fingerprint density at radius 2 is 1.20 bits per heavy atom. The van der Waals surface area contributed by atoms with Gasteiger partial charge in [0.1, 0.15) is 0 Å². The first-order valence-corrected chi connectivity index (χ1v) is 19.6. The Balaban J connectivity index is 0. The fraction of sp³-hybridized carbons (Fsp3) is 1.00. The first kappa shape index (κ1) is 9.99. The van der Waals surface area contributed by atoms with Gasteiger partial charge in [-0.25, -0.2) is 0 Å². The quantitative estimate of drug-likeness (QED) is 0.604. The van der Waals surface area contributed by atoms with Gasteiger partial charge < -0.3 is 0 Å². The van der Waals surface area contributed by atoms with E-state index in [1.54, 1.807) is 0 Å². The van der Waals surface area contributed by atoms with Crippen molar-refractivity contribution < 1.29 is 19.4 Å². The topological polar surface area (TPSA) is 0 Å². The molecule has 0 aromatic carbocycles. The van der Waals surface area contributed by atoms with E-state index in [-0.39, 0.29) is 19.4 Å². The molecule has 0 amide bonds. The van der Waals surface area contributed by atoms with Crippen molar-refractivity contribution in [1.82, 2.24) is 0 Å². The molecule has 0 radical (unpaired) electrons. The van der Waals surface area contributed by atoms with Crippen molar-refractivity contribution in [3.63, 3.8) is 0 Å². The van der Waals surface area contributed by atoms with Crippen molar-refractivity contribution in [1.29, 1.82) is 0 Å². The summed E-state index contributed by atoms with van der Waals surface area (Å²) in [5.41, 5.74) is 0. The summed E-state index contributed by atoms with van der Waals surface area (Å²) in [7, 11) is 0. The molecule has 30 valence electrons.